The molecule has 0 spiro atoms. The first kappa shape index (κ1) is 13.2. The Morgan fingerprint density at radius 1 is 1.32 bits per heavy atom. The predicted octanol–water partition coefficient (Wildman–Crippen LogP) is 2.08. The maximum Gasteiger partial charge on any atom is 0.337 e. The van der Waals surface area contributed by atoms with Gasteiger partial charge in [-0.1, -0.05) is 0 Å². The number of carbonyl (C=O) groups excluding carboxylic acids is 1. The molecule has 0 aliphatic heterocycles. The van der Waals surface area contributed by atoms with E-state index in [0.29, 0.717) is 6.54 Å². The standard InChI is InChI=1S/C13H12N2O3S/c1-8-2-4-10(19-8)7-15-12(16)11-5-3-9(6-14-11)13(17)18/h2-6H,7H2,1H3,(H,15,16)(H,17,18). The molecule has 2 N–H and O–H groups in total. The summed E-state index contributed by atoms with van der Waals surface area (Å²) >= 11 is 1.62. The summed E-state index contributed by atoms with van der Waals surface area (Å²) in [6.45, 7) is 2.45. The number of carbonyl (C=O) groups is 2. The van der Waals surface area contributed by atoms with Crippen LogP contribution in [0.1, 0.15) is 30.6 Å². The summed E-state index contributed by atoms with van der Waals surface area (Å²) in [5.74, 6) is -1.38. The Morgan fingerprint density at radius 3 is 2.63 bits per heavy atom. The van der Waals surface area contributed by atoms with Crippen molar-refractivity contribution in [1.29, 1.82) is 0 Å². The number of aromatic carboxylic acids is 1. The molecule has 0 aliphatic carbocycles. The van der Waals surface area contributed by atoms with Crippen molar-refractivity contribution in [3.8, 4) is 0 Å². The molecule has 0 unspecified atom stereocenters. The van der Waals surface area contributed by atoms with E-state index in [-0.39, 0.29) is 17.2 Å². The molecule has 0 fully saturated rings. The summed E-state index contributed by atoms with van der Waals surface area (Å²) in [6, 6.07) is 6.71. The lowest BCUT2D eigenvalue weighted by molar-refractivity contribution is 0.0695. The molecule has 98 valence electrons. The van der Waals surface area contributed by atoms with Crippen molar-refractivity contribution in [2.24, 2.45) is 0 Å². The molecule has 1 amide bonds. The second-order valence-electron chi connectivity index (χ2n) is 3.93. The third-order valence-corrected chi connectivity index (χ3v) is 3.46. The van der Waals surface area contributed by atoms with Crippen molar-refractivity contribution >= 4 is 23.2 Å². The minimum atomic E-state index is -1.06. The van der Waals surface area contributed by atoms with Gasteiger partial charge in [-0.2, -0.15) is 0 Å². The highest BCUT2D eigenvalue weighted by Crippen LogP contribution is 2.14. The Balaban J connectivity index is 1.98. The van der Waals surface area contributed by atoms with Crippen LogP contribution in [0.5, 0.6) is 0 Å². The number of thiophene rings is 1. The van der Waals surface area contributed by atoms with Gasteiger partial charge in [-0.25, -0.2) is 4.79 Å². The number of carboxylic acids is 1. The van der Waals surface area contributed by atoms with Crippen LogP contribution >= 0.6 is 11.3 Å². The van der Waals surface area contributed by atoms with Crippen molar-refractivity contribution in [1.82, 2.24) is 10.3 Å². The molecule has 0 atom stereocenters. The minimum absolute atomic E-state index is 0.0606. The molecular formula is C13H12N2O3S. The van der Waals surface area contributed by atoms with Crippen molar-refractivity contribution in [3.05, 3.63) is 51.5 Å². The van der Waals surface area contributed by atoms with Gasteiger partial charge in [-0.05, 0) is 31.2 Å². The van der Waals surface area contributed by atoms with Crippen LogP contribution in [0.3, 0.4) is 0 Å². The highest BCUT2D eigenvalue weighted by molar-refractivity contribution is 7.11. The number of hydrogen-bond donors (Lipinski definition) is 2. The number of hydrogen-bond acceptors (Lipinski definition) is 4. The number of aromatic nitrogens is 1. The van der Waals surface area contributed by atoms with E-state index in [4.69, 9.17) is 5.11 Å². The molecule has 0 aliphatic rings. The van der Waals surface area contributed by atoms with Crippen molar-refractivity contribution in [3.63, 3.8) is 0 Å². The molecule has 0 saturated carbocycles. The van der Waals surface area contributed by atoms with Gasteiger partial charge in [0.1, 0.15) is 5.69 Å². The number of nitrogens with zero attached hydrogens (tertiary/aromatic N) is 1. The van der Waals surface area contributed by atoms with Crippen LogP contribution in [0.25, 0.3) is 0 Å². The second kappa shape index (κ2) is 5.62. The highest BCUT2D eigenvalue weighted by Gasteiger charge is 2.09. The average molecular weight is 276 g/mol. The number of amides is 1. The van der Waals surface area contributed by atoms with E-state index in [2.05, 4.69) is 10.3 Å². The zero-order valence-electron chi connectivity index (χ0n) is 10.2. The first-order chi connectivity index (χ1) is 9.06. The molecule has 2 aromatic rings. The van der Waals surface area contributed by atoms with Crippen molar-refractivity contribution in [2.75, 3.05) is 0 Å². The van der Waals surface area contributed by atoms with E-state index in [1.165, 1.54) is 23.2 Å². The van der Waals surface area contributed by atoms with Gasteiger partial charge in [0.05, 0.1) is 12.1 Å². The van der Waals surface area contributed by atoms with Crippen LogP contribution in [0, 0.1) is 6.92 Å². The van der Waals surface area contributed by atoms with Crippen molar-refractivity contribution < 1.29 is 14.7 Å². The zero-order valence-corrected chi connectivity index (χ0v) is 11.0. The molecule has 19 heavy (non-hydrogen) atoms. The third-order valence-electron chi connectivity index (χ3n) is 2.46. The Morgan fingerprint density at radius 2 is 2.11 bits per heavy atom. The van der Waals surface area contributed by atoms with Crippen LogP contribution in [-0.4, -0.2) is 22.0 Å². The van der Waals surface area contributed by atoms with Gasteiger partial charge in [-0.3, -0.25) is 9.78 Å². The topological polar surface area (TPSA) is 79.3 Å². The normalized spacial score (nSPS) is 10.2. The maximum atomic E-state index is 11.8. The molecule has 6 heteroatoms. The molecule has 2 rings (SSSR count). The van der Waals surface area contributed by atoms with Gasteiger partial charge in [0.15, 0.2) is 0 Å². The fourth-order valence-electron chi connectivity index (χ4n) is 1.49. The molecule has 0 aromatic carbocycles. The number of rotatable bonds is 4. The highest BCUT2D eigenvalue weighted by atomic mass is 32.1. The van der Waals surface area contributed by atoms with E-state index in [0.717, 1.165) is 4.88 Å². The molecule has 0 saturated heterocycles. The SMILES string of the molecule is Cc1ccc(CNC(=O)c2ccc(C(=O)O)cn2)s1. The van der Waals surface area contributed by atoms with E-state index in [9.17, 15) is 9.59 Å². The summed E-state index contributed by atoms with van der Waals surface area (Å²) in [5, 5.41) is 11.5. The molecule has 0 radical (unpaired) electrons. The van der Waals surface area contributed by atoms with Crippen LogP contribution in [0.15, 0.2) is 30.5 Å². The number of pyridine rings is 1. The maximum absolute atomic E-state index is 11.8. The van der Waals surface area contributed by atoms with Crippen LogP contribution < -0.4 is 5.32 Å². The van der Waals surface area contributed by atoms with E-state index >= 15 is 0 Å². The molecular weight excluding hydrogens is 264 g/mol. The molecule has 2 heterocycles. The van der Waals surface area contributed by atoms with Crippen LogP contribution in [0.2, 0.25) is 0 Å². The number of carboxylic acid groups (broad SMARTS) is 1. The summed E-state index contributed by atoms with van der Waals surface area (Å²) in [6.07, 6.45) is 1.17. The smallest absolute Gasteiger partial charge is 0.337 e. The fourth-order valence-corrected chi connectivity index (χ4v) is 2.32. The first-order valence-corrected chi connectivity index (χ1v) is 6.41. The Hall–Kier alpha value is -2.21. The van der Waals surface area contributed by atoms with Crippen LogP contribution in [-0.2, 0) is 6.54 Å². The Bertz CT molecular complexity index is 605. The van der Waals surface area contributed by atoms with Gasteiger partial charge >= 0.3 is 5.97 Å². The Kier molecular flexibility index (Phi) is 3.91. The van der Waals surface area contributed by atoms with E-state index in [1.54, 1.807) is 11.3 Å². The summed E-state index contributed by atoms with van der Waals surface area (Å²) in [4.78, 5) is 28.5. The number of aryl methyl sites for hydroxylation is 1. The van der Waals surface area contributed by atoms with Gasteiger partial charge in [0, 0.05) is 16.0 Å². The van der Waals surface area contributed by atoms with E-state index < -0.39 is 5.97 Å². The third kappa shape index (κ3) is 3.38. The largest absolute Gasteiger partial charge is 0.478 e. The lowest BCUT2D eigenvalue weighted by atomic mass is 10.2. The average Bonchev–Trinajstić information content (AvgIpc) is 2.82. The van der Waals surface area contributed by atoms with E-state index in [1.807, 2.05) is 19.1 Å². The van der Waals surface area contributed by atoms with Gasteiger partial charge in [0.2, 0.25) is 0 Å². The minimum Gasteiger partial charge on any atom is -0.478 e. The predicted molar refractivity (Wildman–Crippen MR) is 71.4 cm³/mol. The Labute approximate surface area is 113 Å². The monoisotopic (exact) mass is 276 g/mol. The molecule has 5 nitrogen and oxygen atoms in total. The number of nitrogens with one attached hydrogen (secondary N) is 1. The lowest BCUT2D eigenvalue weighted by Gasteiger charge is -2.03. The summed E-state index contributed by atoms with van der Waals surface area (Å²) in [7, 11) is 0. The van der Waals surface area contributed by atoms with Crippen molar-refractivity contribution in [2.45, 2.75) is 13.5 Å². The van der Waals surface area contributed by atoms with Crippen LogP contribution in [0.4, 0.5) is 0 Å². The zero-order chi connectivity index (χ0) is 13.8. The second-order valence-corrected chi connectivity index (χ2v) is 5.30. The molecule has 2 aromatic heterocycles. The van der Waals surface area contributed by atoms with Gasteiger partial charge in [0.25, 0.3) is 5.91 Å². The van der Waals surface area contributed by atoms with Gasteiger partial charge in [-0.15, -0.1) is 11.3 Å². The molecule has 0 bridgehead atoms. The summed E-state index contributed by atoms with van der Waals surface area (Å²) in [5.41, 5.74) is 0.267. The summed E-state index contributed by atoms with van der Waals surface area (Å²) < 4.78 is 0. The fraction of sp³-hybridized carbons (Fsp3) is 0.154. The lowest BCUT2D eigenvalue weighted by Crippen LogP contribution is -2.23. The van der Waals surface area contributed by atoms with Gasteiger partial charge < -0.3 is 10.4 Å². The quantitative estimate of drug-likeness (QED) is 0.896. The first-order valence-electron chi connectivity index (χ1n) is 5.59.